The van der Waals surface area contributed by atoms with Gasteiger partial charge in [0.1, 0.15) is 0 Å². The molecule has 0 spiro atoms. The molecule has 0 saturated heterocycles. The molecule has 0 fully saturated rings. The molecule has 3 rings (SSSR count). The summed E-state index contributed by atoms with van der Waals surface area (Å²) in [5.41, 5.74) is 6.60. The van der Waals surface area contributed by atoms with Crippen molar-refractivity contribution >= 4 is 17.6 Å². The maximum atomic E-state index is 4.79. The van der Waals surface area contributed by atoms with Crippen molar-refractivity contribution in [3.05, 3.63) is 90.0 Å². The van der Waals surface area contributed by atoms with Crippen LogP contribution in [0.5, 0.6) is 0 Å². The van der Waals surface area contributed by atoms with E-state index in [1.54, 1.807) is 0 Å². The van der Waals surface area contributed by atoms with Crippen LogP contribution in [0.1, 0.15) is 31.4 Å². The zero-order valence-corrected chi connectivity index (χ0v) is 15.4. The smallest absolute Gasteiger partial charge is 0.0639 e. The molecule has 2 nitrogen and oxygen atoms in total. The number of rotatable bonds is 6. The Labute approximate surface area is 156 Å². The summed E-state index contributed by atoms with van der Waals surface area (Å²) >= 11 is 0. The normalized spacial score (nSPS) is 11.8. The molecule has 130 valence electrons. The molecule has 0 aliphatic carbocycles. The molecule has 0 aliphatic rings. The van der Waals surface area contributed by atoms with E-state index >= 15 is 0 Å². The Morgan fingerprint density at radius 3 is 2.35 bits per heavy atom. The predicted molar refractivity (Wildman–Crippen MR) is 113 cm³/mol. The van der Waals surface area contributed by atoms with Crippen LogP contribution < -0.4 is 0 Å². The Balaban J connectivity index is 1.87. The fourth-order valence-electron chi connectivity index (χ4n) is 2.79. The summed E-state index contributed by atoms with van der Waals surface area (Å²) in [7, 11) is 0. The standard InChI is InChI=1S/C24H24N2/c1-3-15-25-18-20-9-7-12-22(16-20)23-13-8-14-24(17-23)26-19(2)21-10-5-4-6-11-21/h4-14,16-18H,3,15H2,1-2H3. The van der Waals surface area contributed by atoms with Crippen LogP contribution in [0.2, 0.25) is 0 Å². The molecule has 0 aromatic heterocycles. The molecule has 0 saturated carbocycles. The number of hydrogen-bond donors (Lipinski definition) is 0. The first-order valence-electron chi connectivity index (χ1n) is 9.07. The molecule has 0 atom stereocenters. The van der Waals surface area contributed by atoms with Crippen molar-refractivity contribution in [1.29, 1.82) is 0 Å². The van der Waals surface area contributed by atoms with Gasteiger partial charge in [0.15, 0.2) is 0 Å². The molecule has 3 aromatic carbocycles. The molecular formula is C24H24N2. The lowest BCUT2D eigenvalue weighted by Gasteiger charge is -2.06. The Hall–Kier alpha value is -3.00. The predicted octanol–water partition coefficient (Wildman–Crippen LogP) is 6.32. The van der Waals surface area contributed by atoms with Crippen LogP contribution in [0.25, 0.3) is 11.1 Å². The minimum atomic E-state index is 0.868. The van der Waals surface area contributed by atoms with Crippen LogP contribution >= 0.6 is 0 Å². The summed E-state index contributed by atoms with van der Waals surface area (Å²) in [5.74, 6) is 0. The fraction of sp³-hybridized carbons (Fsp3) is 0.167. The molecule has 0 radical (unpaired) electrons. The highest BCUT2D eigenvalue weighted by Crippen LogP contribution is 2.25. The SMILES string of the molecule is CCCN=Cc1cccc(-c2cccc(N=C(C)c3ccccc3)c2)c1. The molecule has 0 unspecified atom stereocenters. The van der Waals surface area contributed by atoms with Gasteiger partial charge in [-0.3, -0.25) is 9.98 Å². The van der Waals surface area contributed by atoms with Crippen molar-refractivity contribution < 1.29 is 0 Å². The van der Waals surface area contributed by atoms with E-state index in [0.29, 0.717) is 0 Å². The summed E-state index contributed by atoms with van der Waals surface area (Å²) in [5, 5.41) is 0. The lowest BCUT2D eigenvalue weighted by Crippen LogP contribution is -1.92. The number of benzene rings is 3. The second-order valence-electron chi connectivity index (χ2n) is 6.27. The van der Waals surface area contributed by atoms with Gasteiger partial charge in [-0.2, -0.15) is 0 Å². The van der Waals surface area contributed by atoms with Crippen LogP contribution in [0.15, 0.2) is 88.8 Å². The van der Waals surface area contributed by atoms with E-state index in [1.807, 2.05) is 37.4 Å². The van der Waals surface area contributed by atoms with E-state index < -0.39 is 0 Å². The van der Waals surface area contributed by atoms with E-state index in [1.165, 1.54) is 5.56 Å². The van der Waals surface area contributed by atoms with Crippen molar-refractivity contribution in [2.24, 2.45) is 9.98 Å². The van der Waals surface area contributed by atoms with Gasteiger partial charge < -0.3 is 0 Å². The third kappa shape index (κ3) is 4.76. The van der Waals surface area contributed by atoms with Crippen LogP contribution in [-0.2, 0) is 0 Å². The Morgan fingerprint density at radius 1 is 0.846 bits per heavy atom. The largest absolute Gasteiger partial charge is 0.293 e. The lowest BCUT2D eigenvalue weighted by atomic mass is 10.0. The van der Waals surface area contributed by atoms with Gasteiger partial charge in [0.05, 0.1) is 5.69 Å². The molecule has 0 bridgehead atoms. The molecule has 0 aliphatic heterocycles. The second-order valence-corrected chi connectivity index (χ2v) is 6.27. The van der Waals surface area contributed by atoms with Gasteiger partial charge in [-0.1, -0.05) is 67.6 Å². The summed E-state index contributed by atoms with van der Waals surface area (Å²) in [6.45, 7) is 5.05. The van der Waals surface area contributed by atoms with E-state index in [-0.39, 0.29) is 0 Å². The number of aliphatic imine (C=N–C) groups is 2. The number of nitrogens with zero attached hydrogens (tertiary/aromatic N) is 2. The molecule has 0 N–H and O–H groups in total. The Bertz CT molecular complexity index is 908. The summed E-state index contributed by atoms with van der Waals surface area (Å²) in [4.78, 5) is 9.23. The van der Waals surface area contributed by atoms with Crippen molar-refractivity contribution in [2.75, 3.05) is 6.54 Å². The average Bonchev–Trinajstić information content (AvgIpc) is 2.69. The quantitative estimate of drug-likeness (QED) is 0.469. The van der Waals surface area contributed by atoms with Gasteiger partial charge in [0, 0.05) is 18.5 Å². The first-order chi connectivity index (χ1) is 12.8. The second kappa shape index (κ2) is 8.91. The maximum absolute atomic E-state index is 4.79. The van der Waals surface area contributed by atoms with Crippen LogP contribution in [0.3, 0.4) is 0 Å². The van der Waals surface area contributed by atoms with E-state index in [2.05, 4.69) is 66.5 Å². The van der Waals surface area contributed by atoms with Crippen molar-refractivity contribution in [2.45, 2.75) is 20.3 Å². The summed E-state index contributed by atoms with van der Waals surface area (Å²) in [6, 6.07) is 27.1. The third-order valence-corrected chi connectivity index (χ3v) is 4.15. The average molecular weight is 340 g/mol. The zero-order chi connectivity index (χ0) is 18.2. The Kier molecular flexibility index (Phi) is 6.10. The van der Waals surface area contributed by atoms with Gasteiger partial charge >= 0.3 is 0 Å². The van der Waals surface area contributed by atoms with Crippen LogP contribution in [0, 0.1) is 0 Å². The molecule has 3 aromatic rings. The highest BCUT2D eigenvalue weighted by Gasteiger charge is 2.01. The van der Waals surface area contributed by atoms with Gasteiger partial charge in [-0.15, -0.1) is 0 Å². The van der Waals surface area contributed by atoms with Gasteiger partial charge in [-0.05, 0) is 53.8 Å². The van der Waals surface area contributed by atoms with E-state index in [4.69, 9.17) is 4.99 Å². The molecule has 0 heterocycles. The fourth-order valence-corrected chi connectivity index (χ4v) is 2.79. The molecule has 2 heteroatoms. The lowest BCUT2D eigenvalue weighted by molar-refractivity contribution is 0.937. The van der Waals surface area contributed by atoms with Crippen molar-refractivity contribution in [1.82, 2.24) is 0 Å². The zero-order valence-electron chi connectivity index (χ0n) is 15.4. The maximum Gasteiger partial charge on any atom is 0.0639 e. The van der Waals surface area contributed by atoms with Gasteiger partial charge in [0.25, 0.3) is 0 Å². The van der Waals surface area contributed by atoms with Crippen LogP contribution in [-0.4, -0.2) is 18.5 Å². The molecule has 26 heavy (non-hydrogen) atoms. The first-order valence-corrected chi connectivity index (χ1v) is 9.07. The van der Waals surface area contributed by atoms with E-state index in [9.17, 15) is 0 Å². The molecular weight excluding hydrogens is 316 g/mol. The van der Waals surface area contributed by atoms with Crippen LogP contribution in [0.4, 0.5) is 5.69 Å². The van der Waals surface area contributed by atoms with Crippen molar-refractivity contribution in [3.8, 4) is 11.1 Å². The monoisotopic (exact) mass is 340 g/mol. The topological polar surface area (TPSA) is 24.7 Å². The highest BCUT2D eigenvalue weighted by molar-refractivity contribution is 6.00. The first kappa shape index (κ1) is 17.8. The van der Waals surface area contributed by atoms with Gasteiger partial charge in [-0.25, -0.2) is 0 Å². The minimum absolute atomic E-state index is 0.868. The summed E-state index contributed by atoms with van der Waals surface area (Å²) in [6.07, 6.45) is 3.02. The third-order valence-electron chi connectivity index (χ3n) is 4.15. The van der Waals surface area contributed by atoms with E-state index in [0.717, 1.165) is 41.1 Å². The minimum Gasteiger partial charge on any atom is -0.293 e. The Morgan fingerprint density at radius 2 is 1.58 bits per heavy atom. The van der Waals surface area contributed by atoms with Gasteiger partial charge in [0.2, 0.25) is 0 Å². The summed E-state index contributed by atoms with van der Waals surface area (Å²) < 4.78 is 0. The number of hydrogen-bond acceptors (Lipinski definition) is 2. The molecule has 0 amide bonds. The van der Waals surface area contributed by atoms with Crippen molar-refractivity contribution in [3.63, 3.8) is 0 Å². The highest BCUT2D eigenvalue weighted by atomic mass is 14.7.